The summed E-state index contributed by atoms with van der Waals surface area (Å²) in [5.41, 5.74) is -1.95. The summed E-state index contributed by atoms with van der Waals surface area (Å²) < 4.78 is 85.3. The van der Waals surface area contributed by atoms with Gasteiger partial charge in [0.15, 0.2) is 11.3 Å². The van der Waals surface area contributed by atoms with Gasteiger partial charge in [-0.1, -0.05) is 12.1 Å². The zero-order chi connectivity index (χ0) is 24.0. The predicted molar refractivity (Wildman–Crippen MR) is 103 cm³/mol. The number of carbonyl (C=O) groups excluding carboxylic acids is 1. The maximum Gasteiger partial charge on any atom is 0.433 e. The van der Waals surface area contributed by atoms with Crippen molar-refractivity contribution in [3.8, 4) is 28.3 Å². The van der Waals surface area contributed by atoms with Gasteiger partial charge in [-0.05, 0) is 29.8 Å². The summed E-state index contributed by atoms with van der Waals surface area (Å²) in [5, 5.41) is 3.79. The van der Waals surface area contributed by atoms with Crippen molar-refractivity contribution in [3.63, 3.8) is 0 Å². The Morgan fingerprint density at radius 3 is 2.24 bits per heavy atom. The average molecular weight is 466 g/mol. The third-order valence-electron chi connectivity index (χ3n) is 4.56. The Bertz CT molecular complexity index is 1340. The van der Waals surface area contributed by atoms with Crippen molar-refractivity contribution in [2.24, 2.45) is 0 Å². The highest BCUT2D eigenvalue weighted by Gasteiger charge is 2.36. The van der Waals surface area contributed by atoms with Gasteiger partial charge < -0.3 is 4.74 Å². The molecule has 3 heterocycles. The van der Waals surface area contributed by atoms with E-state index in [2.05, 4.69) is 15.1 Å². The molecule has 170 valence electrons. The first-order chi connectivity index (χ1) is 15.4. The van der Waals surface area contributed by atoms with Crippen LogP contribution in [0.4, 0.5) is 26.3 Å². The van der Waals surface area contributed by atoms with Gasteiger partial charge in [-0.2, -0.15) is 31.4 Å². The summed E-state index contributed by atoms with van der Waals surface area (Å²) >= 11 is 0. The Morgan fingerprint density at radius 2 is 1.64 bits per heavy atom. The largest absolute Gasteiger partial charge is 0.433 e. The molecule has 0 radical (unpaired) electrons. The van der Waals surface area contributed by atoms with Gasteiger partial charge >= 0.3 is 18.3 Å². The van der Waals surface area contributed by atoms with E-state index in [1.807, 2.05) is 0 Å². The zero-order valence-corrected chi connectivity index (χ0v) is 16.6. The van der Waals surface area contributed by atoms with Crippen molar-refractivity contribution in [3.05, 3.63) is 66.1 Å². The molecule has 12 heteroatoms. The van der Waals surface area contributed by atoms with Gasteiger partial charge in [0.2, 0.25) is 5.88 Å². The molecule has 0 aliphatic heterocycles. The average Bonchev–Trinajstić information content (AvgIpc) is 3.15. The van der Waals surface area contributed by atoms with Crippen LogP contribution in [-0.2, 0) is 17.1 Å². The molecule has 4 aromatic rings. The molecular formula is C21H12F6N4O2. The summed E-state index contributed by atoms with van der Waals surface area (Å²) in [6.45, 7) is 1.16. The minimum absolute atomic E-state index is 0.0541. The number of hydrogen-bond acceptors (Lipinski definition) is 5. The van der Waals surface area contributed by atoms with Crippen molar-refractivity contribution in [1.82, 2.24) is 19.6 Å². The van der Waals surface area contributed by atoms with Crippen molar-refractivity contribution in [2.75, 3.05) is 0 Å². The lowest BCUT2D eigenvalue weighted by Crippen LogP contribution is -2.13. The smallest absolute Gasteiger partial charge is 0.408 e. The second-order valence-corrected chi connectivity index (χ2v) is 6.87. The molecule has 6 nitrogen and oxygen atoms in total. The molecule has 4 rings (SSSR count). The summed E-state index contributed by atoms with van der Waals surface area (Å²) in [7, 11) is 0. The van der Waals surface area contributed by atoms with Gasteiger partial charge in [0.05, 0.1) is 17.5 Å². The van der Waals surface area contributed by atoms with E-state index in [-0.39, 0.29) is 28.3 Å². The van der Waals surface area contributed by atoms with E-state index >= 15 is 0 Å². The SMILES string of the molecule is CC(=O)Oc1cc(-c2cnn3c(C(F)(F)F)cc(-c4ccc(C(F)(F)F)cc4)nc23)ccn1. The van der Waals surface area contributed by atoms with Crippen LogP contribution in [0.1, 0.15) is 18.2 Å². The molecule has 0 N–H and O–H groups in total. The lowest BCUT2D eigenvalue weighted by Gasteiger charge is -2.12. The normalized spacial score (nSPS) is 12.2. The lowest BCUT2D eigenvalue weighted by atomic mass is 10.1. The lowest BCUT2D eigenvalue weighted by molar-refractivity contribution is -0.142. The number of esters is 1. The molecule has 3 aromatic heterocycles. The predicted octanol–water partition coefficient (Wildman–Crippen LogP) is 5.42. The first-order valence-corrected chi connectivity index (χ1v) is 9.22. The highest BCUT2D eigenvalue weighted by Crippen LogP contribution is 2.36. The fourth-order valence-corrected chi connectivity index (χ4v) is 3.13. The second kappa shape index (κ2) is 7.87. The minimum atomic E-state index is -4.83. The second-order valence-electron chi connectivity index (χ2n) is 6.87. The molecule has 0 saturated heterocycles. The number of fused-ring (bicyclic) bond motifs is 1. The van der Waals surface area contributed by atoms with Crippen molar-refractivity contribution >= 4 is 11.6 Å². The number of aromatic nitrogens is 4. The zero-order valence-electron chi connectivity index (χ0n) is 16.6. The van der Waals surface area contributed by atoms with Gasteiger partial charge in [-0.25, -0.2) is 14.5 Å². The molecule has 0 saturated carbocycles. The van der Waals surface area contributed by atoms with E-state index in [1.165, 1.54) is 18.3 Å². The van der Waals surface area contributed by atoms with E-state index in [4.69, 9.17) is 4.74 Å². The Labute approximate surface area is 181 Å². The van der Waals surface area contributed by atoms with Gasteiger partial charge in [-0.15, -0.1) is 0 Å². The van der Waals surface area contributed by atoms with E-state index in [0.717, 1.165) is 37.4 Å². The number of pyridine rings is 1. The van der Waals surface area contributed by atoms with E-state index in [0.29, 0.717) is 16.1 Å². The fourth-order valence-electron chi connectivity index (χ4n) is 3.13. The molecule has 33 heavy (non-hydrogen) atoms. The van der Waals surface area contributed by atoms with E-state index < -0.39 is 29.6 Å². The number of alkyl halides is 6. The minimum Gasteiger partial charge on any atom is -0.408 e. The maximum absolute atomic E-state index is 13.7. The first kappa shape index (κ1) is 22.2. The molecule has 0 aliphatic rings. The number of benzene rings is 1. The maximum atomic E-state index is 13.7. The fraction of sp³-hybridized carbons (Fsp3) is 0.143. The Kier molecular flexibility index (Phi) is 5.30. The van der Waals surface area contributed by atoms with Crippen LogP contribution in [0.2, 0.25) is 0 Å². The Morgan fingerprint density at radius 1 is 0.939 bits per heavy atom. The quantitative estimate of drug-likeness (QED) is 0.298. The van der Waals surface area contributed by atoms with E-state index in [9.17, 15) is 31.1 Å². The standard InChI is InChI=1S/C21H12F6N4O2/c1-11(32)33-18-8-13(6-7-28-18)15-10-29-31-17(21(25,26)27)9-16(30-19(15)31)12-2-4-14(5-3-12)20(22,23)24/h2-10H,1H3. The topological polar surface area (TPSA) is 69.4 Å². The van der Waals surface area contributed by atoms with Gasteiger partial charge in [0, 0.05) is 30.3 Å². The Balaban J connectivity index is 1.90. The van der Waals surface area contributed by atoms with Crippen LogP contribution in [0.25, 0.3) is 28.0 Å². The van der Waals surface area contributed by atoms with E-state index in [1.54, 1.807) is 0 Å². The first-order valence-electron chi connectivity index (χ1n) is 9.22. The molecule has 0 atom stereocenters. The van der Waals surface area contributed by atoms with Gasteiger partial charge in [-0.3, -0.25) is 4.79 Å². The van der Waals surface area contributed by atoms with Crippen LogP contribution in [0.3, 0.4) is 0 Å². The third-order valence-corrected chi connectivity index (χ3v) is 4.56. The van der Waals surface area contributed by atoms with Crippen LogP contribution in [0.5, 0.6) is 5.88 Å². The summed E-state index contributed by atoms with van der Waals surface area (Å²) in [6.07, 6.45) is -6.97. The number of rotatable bonds is 3. The van der Waals surface area contributed by atoms with Crippen molar-refractivity contribution < 1.29 is 35.9 Å². The van der Waals surface area contributed by atoms with Gasteiger partial charge in [0.25, 0.3) is 0 Å². The number of nitrogens with zero attached hydrogens (tertiary/aromatic N) is 4. The van der Waals surface area contributed by atoms with Crippen molar-refractivity contribution in [2.45, 2.75) is 19.3 Å². The van der Waals surface area contributed by atoms with Crippen LogP contribution in [0, 0.1) is 0 Å². The van der Waals surface area contributed by atoms with Crippen LogP contribution < -0.4 is 4.74 Å². The molecular weight excluding hydrogens is 454 g/mol. The molecule has 0 fully saturated rings. The number of hydrogen-bond donors (Lipinski definition) is 0. The summed E-state index contributed by atoms with van der Waals surface area (Å²) in [5.74, 6) is -0.712. The monoisotopic (exact) mass is 466 g/mol. The van der Waals surface area contributed by atoms with Gasteiger partial charge in [0.1, 0.15) is 0 Å². The molecule has 1 aromatic carbocycles. The van der Waals surface area contributed by atoms with Crippen LogP contribution in [0.15, 0.2) is 54.9 Å². The number of halogens is 6. The number of carbonyl (C=O) groups is 1. The molecule has 0 unspecified atom stereocenters. The third kappa shape index (κ3) is 4.49. The molecule has 0 aliphatic carbocycles. The molecule has 0 amide bonds. The van der Waals surface area contributed by atoms with Crippen LogP contribution >= 0.6 is 0 Å². The highest BCUT2D eigenvalue weighted by molar-refractivity contribution is 5.80. The summed E-state index contributed by atoms with van der Waals surface area (Å²) in [4.78, 5) is 19.3. The number of ether oxygens (including phenoxy) is 1. The molecule has 0 spiro atoms. The summed E-state index contributed by atoms with van der Waals surface area (Å²) in [6, 6.07) is 7.12. The van der Waals surface area contributed by atoms with Crippen LogP contribution in [-0.4, -0.2) is 25.6 Å². The highest BCUT2D eigenvalue weighted by atomic mass is 19.4. The van der Waals surface area contributed by atoms with Crippen molar-refractivity contribution in [1.29, 1.82) is 0 Å². The Hall–Kier alpha value is -3.96. The molecule has 0 bridgehead atoms.